The highest BCUT2D eigenvalue weighted by atomic mass is 16.6. The Bertz CT molecular complexity index is 811. The Morgan fingerprint density at radius 1 is 1.16 bits per heavy atom. The quantitative estimate of drug-likeness (QED) is 0.316. The molecule has 5 atom stereocenters. The van der Waals surface area contributed by atoms with Crippen LogP contribution in [0.25, 0.3) is 0 Å². The Labute approximate surface area is 188 Å². The molecule has 4 aliphatic rings. The van der Waals surface area contributed by atoms with Gasteiger partial charge in [-0.15, -0.1) is 0 Å². The van der Waals surface area contributed by atoms with Crippen LogP contribution in [0.1, 0.15) is 79.1 Å². The molecule has 8 nitrogen and oxygen atoms in total. The van der Waals surface area contributed by atoms with Gasteiger partial charge in [-0.3, -0.25) is 14.4 Å². The first kappa shape index (κ1) is 23.1. The number of fused-ring (bicyclic) bond motifs is 1. The summed E-state index contributed by atoms with van der Waals surface area (Å²) in [6, 6.07) is 0. The van der Waals surface area contributed by atoms with Crippen molar-refractivity contribution >= 4 is 23.9 Å². The Balaban J connectivity index is 1.38. The number of carbonyl (C=O) groups is 4. The zero-order chi connectivity index (χ0) is 23.3. The van der Waals surface area contributed by atoms with Crippen molar-refractivity contribution in [1.82, 2.24) is 0 Å². The molecule has 2 bridgehead atoms. The molecule has 32 heavy (non-hydrogen) atoms. The predicted octanol–water partition coefficient (Wildman–Crippen LogP) is 3.10. The van der Waals surface area contributed by atoms with Crippen LogP contribution in [-0.2, 0) is 38.1 Å². The molecule has 0 N–H and O–H groups in total. The average Bonchev–Trinajstić information content (AvgIpc) is 3.50. The van der Waals surface area contributed by atoms with Crippen molar-refractivity contribution in [3.8, 4) is 0 Å². The van der Waals surface area contributed by atoms with Gasteiger partial charge >= 0.3 is 23.9 Å². The van der Waals surface area contributed by atoms with E-state index in [0.717, 1.165) is 32.1 Å². The first-order chi connectivity index (χ1) is 15.1. The third-order valence-electron chi connectivity index (χ3n) is 8.42. The van der Waals surface area contributed by atoms with Crippen molar-refractivity contribution in [3.05, 3.63) is 0 Å². The zero-order valence-corrected chi connectivity index (χ0v) is 19.4. The highest BCUT2D eigenvalue weighted by Gasteiger charge is 2.75. The molecule has 8 heteroatoms. The number of ether oxygens (including phenoxy) is 4. The minimum atomic E-state index is -1.41. The second-order valence-electron chi connectivity index (χ2n) is 10.5. The second-order valence-corrected chi connectivity index (χ2v) is 10.5. The molecule has 4 fully saturated rings. The molecular formula is C24H34O8. The van der Waals surface area contributed by atoms with Gasteiger partial charge in [0.2, 0.25) is 0 Å². The van der Waals surface area contributed by atoms with Gasteiger partial charge in [0.05, 0.1) is 5.41 Å². The SMILES string of the molecule is CCC1(OC(=O)COC(=O)C23CC4CC2C(OC3=O)C4OC(=O)C(C)(C)CC)CCCC1. The summed E-state index contributed by atoms with van der Waals surface area (Å²) >= 11 is 0. The minimum absolute atomic E-state index is 0.144. The molecular weight excluding hydrogens is 416 g/mol. The summed E-state index contributed by atoms with van der Waals surface area (Å²) in [7, 11) is 0. The van der Waals surface area contributed by atoms with Crippen LogP contribution in [0.2, 0.25) is 0 Å². The van der Waals surface area contributed by atoms with E-state index in [4.69, 9.17) is 18.9 Å². The van der Waals surface area contributed by atoms with Crippen LogP contribution < -0.4 is 0 Å². The molecule has 0 spiro atoms. The van der Waals surface area contributed by atoms with Gasteiger partial charge in [0.15, 0.2) is 12.0 Å². The first-order valence-corrected chi connectivity index (χ1v) is 11.9. The lowest BCUT2D eigenvalue weighted by Crippen LogP contribution is -2.46. The maximum absolute atomic E-state index is 13.0. The van der Waals surface area contributed by atoms with Gasteiger partial charge in [0.1, 0.15) is 17.8 Å². The monoisotopic (exact) mass is 450 g/mol. The Morgan fingerprint density at radius 3 is 2.47 bits per heavy atom. The maximum Gasteiger partial charge on any atom is 0.344 e. The Hall–Kier alpha value is -2.12. The van der Waals surface area contributed by atoms with Gasteiger partial charge < -0.3 is 18.9 Å². The standard InChI is InChI=1S/C24H34O8/c1-5-22(3,4)19(26)30-17-14-11-15-18(17)31-21(28)24(15,12-14)20(27)29-13-16(25)32-23(6-2)9-7-8-10-23/h14-15,17-18H,5-13H2,1-4H3. The molecule has 0 amide bonds. The van der Waals surface area contributed by atoms with Crippen molar-refractivity contribution in [3.63, 3.8) is 0 Å². The maximum atomic E-state index is 13.0. The van der Waals surface area contributed by atoms with Crippen molar-refractivity contribution in [2.24, 2.45) is 22.7 Å². The number of rotatable bonds is 8. The fourth-order valence-corrected chi connectivity index (χ4v) is 5.93. The zero-order valence-electron chi connectivity index (χ0n) is 19.4. The van der Waals surface area contributed by atoms with Gasteiger partial charge in [-0.2, -0.15) is 0 Å². The Kier molecular flexibility index (Phi) is 5.78. The third kappa shape index (κ3) is 3.50. The predicted molar refractivity (Wildman–Crippen MR) is 111 cm³/mol. The van der Waals surface area contributed by atoms with Gasteiger partial charge in [-0.1, -0.05) is 13.8 Å². The van der Waals surface area contributed by atoms with Crippen molar-refractivity contribution in [2.75, 3.05) is 6.61 Å². The molecule has 4 rings (SSSR count). The summed E-state index contributed by atoms with van der Waals surface area (Å²) < 4.78 is 22.2. The van der Waals surface area contributed by atoms with E-state index in [1.165, 1.54) is 0 Å². The summed E-state index contributed by atoms with van der Waals surface area (Å²) in [5.74, 6) is -2.82. The van der Waals surface area contributed by atoms with E-state index in [1.54, 1.807) is 0 Å². The molecule has 1 aliphatic heterocycles. The molecule has 5 unspecified atom stereocenters. The van der Waals surface area contributed by atoms with Crippen LogP contribution in [0.3, 0.4) is 0 Å². The van der Waals surface area contributed by atoms with Gasteiger partial charge in [0, 0.05) is 11.8 Å². The van der Waals surface area contributed by atoms with Crippen LogP contribution in [0.4, 0.5) is 0 Å². The number of esters is 4. The number of hydrogen-bond donors (Lipinski definition) is 0. The third-order valence-corrected chi connectivity index (χ3v) is 8.42. The molecule has 1 saturated heterocycles. The summed E-state index contributed by atoms with van der Waals surface area (Å²) in [6.45, 7) is 7.02. The van der Waals surface area contributed by atoms with Crippen LogP contribution in [0.5, 0.6) is 0 Å². The van der Waals surface area contributed by atoms with Crippen molar-refractivity contribution < 1.29 is 38.1 Å². The van der Waals surface area contributed by atoms with E-state index in [0.29, 0.717) is 12.8 Å². The van der Waals surface area contributed by atoms with Crippen molar-refractivity contribution in [2.45, 2.75) is 96.9 Å². The minimum Gasteiger partial charge on any atom is -0.458 e. The first-order valence-electron chi connectivity index (χ1n) is 11.9. The summed E-state index contributed by atoms with van der Waals surface area (Å²) in [6.07, 6.45) is 4.61. The lowest BCUT2D eigenvalue weighted by Gasteiger charge is -2.32. The van der Waals surface area contributed by atoms with Crippen LogP contribution in [0.15, 0.2) is 0 Å². The average molecular weight is 451 g/mol. The van der Waals surface area contributed by atoms with E-state index in [2.05, 4.69) is 0 Å². The lowest BCUT2D eigenvalue weighted by atomic mass is 9.73. The van der Waals surface area contributed by atoms with Gasteiger partial charge in [-0.25, -0.2) is 4.79 Å². The highest BCUT2D eigenvalue weighted by Crippen LogP contribution is 2.63. The lowest BCUT2D eigenvalue weighted by molar-refractivity contribution is -0.177. The number of hydrogen-bond acceptors (Lipinski definition) is 8. The molecule has 0 aromatic heterocycles. The molecule has 3 aliphatic carbocycles. The fourth-order valence-electron chi connectivity index (χ4n) is 5.93. The molecule has 0 aromatic rings. The summed E-state index contributed by atoms with van der Waals surface area (Å²) in [5.41, 5.74) is -2.50. The van der Waals surface area contributed by atoms with E-state index in [1.807, 2.05) is 27.7 Å². The highest BCUT2D eigenvalue weighted by molar-refractivity contribution is 6.03. The fraction of sp³-hybridized carbons (Fsp3) is 0.833. The van der Waals surface area contributed by atoms with E-state index < -0.39 is 59.1 Å². The molecule has 0 aromatic carbocycles. The largest absolute Gasteiger partial charge is 0.458 e. The smallest absolute Gasteiger partial charge is 0.344 e. The van der Waals surface area contributed by atoms with Gasteiger partial charge in [-0.05, 0) is 65.2 Å². The summed E-state index contributed by atoms with van der Waals surface area (Å²) in [5, 5.41) is 0. The van der Waals surface area contributed by atoms with E-state index in [9.17, 15) is 19.2 Å². The Morgan fingerprint density at radius 2 is 1.84 bits per heavy atom. The van der Waals surface area contributed by atoms with Crippen molar-refractivity contribution in [1.29, 1.82) is 0 Å². The second kappa shape index (κ2) is 8.03. The molecule has 178 valence electrons. The topological polar surface area (TPSA) is 105 Å². The normalized spacial score (nSPS) is 34.3. The summed E-state index contributed by atoms with van der Waals surface area (Å²) in [4.78, 5) is 50.7. The van der Waals surface area contributed by atoms with Crippen LogP contribution in [-0.4, -0.2) is 48.3 Å². The molecule has 1 heterocycles. The van der Waals surface area contributed by atoms with Gasteiger partial charge in [0.25, 0.3) is 0 Å². The van der Waals surface area contributed by atoms with E-state index >= 15 is 0 Å². The van der Waals surface area contributed by atoms with E-state index in [-0.39, 0.29) is 18.3 Å². The molecule has 0 radical (unpaired) electrons. The van der Waals surface area contributed by atoms with Crippen LogP contribution >= 0.6 is 0 Å². The van der Waals surface area contributed by atoms with Crippen LogP contribution in [0, 0.1) is 22.7 Å². The number of carbonyl (C=O) groups excluding carboxylic acids is 4. The molecule has 3 saturated carbocycles.